The van der Waals surface area contributed by atoms with Crippen molar-refractivity contribution < 1.29 is 37.7 Å². The van der Waals surface area contributed by atoms with E-state index in [1.54, 1.807) is 0 Å². The highest BCUT2D eigenvalue weighted by Crippen LogP contribution is 2.36. The van der Waals surface area contributed by atoms with Crippen molar-refractivity contribution in [2.45, 2.75) is 70.2 Å². The number of hydrogen-bond donors (Lipinski definition) is 2. The summed E-state index contributed by atoms with van der Waals surface area (Å²) in [7, 11) is 1.45. The molecule has 0 aliphatic carbocycles. The maximum Gasteiger partial charge on any atom is 0.194 e. The molecule has 12 heteroatoms. The van der Waals surface area contributed by atoms with Gasteiger partial charge in [0.1, 0.15) is 36.2 Å². The molecule has 4 rings (SSSR count). The number of hydrogen-bond acceptors (Lipinski definition) is 8. The predicted octanol–water partition coefficient (Wildman–Crippen LogP) is 2.62. The SMILES string of the molecule is CO[C@@H]1[C@@H](n2cc(-c3cc(F)c(F)c(F)c3)nn2)[C@@H](O)[C@@H](CO)O[C@@H]1CC1CC(C(C)(C)C)=NO1. The van der Waals surface area contributed by atoms with Crippen LogP contribution in [0.5, 0.6) is 0 Å². The number of rotatable bonds is 6. The summed E-state index contributed by atoms with van der Waals surface area (Å²) < 4.78 is 53.7. The van der Waals surface area contributed by atoms with E-state index in [4.69, 9.17) is 14.3 Å². The molecule has 1 saturated heterocycles. The lowest BCUT2D eigenvalue weighted by molar-refractivity contribution is -0.219. The van der Waals surface area contributed by atoms with Crippen LogP contribution >= 0.6 is 0 Å². The maximum absolute atomic E-state index is 13.7. The van der Waals surface area contributed by atoms with Crippen LogP contribution in [0.1, 0.15) is 39.7 Å². The Bertz CT molecular complexity index is 1070. The third-order valence-corrected chi connectivity index (χ3v) is 6.42. The molecule has 35 heavy (non-hydrogen) atoms. The molecule has 1 aromatic carbocycles. The predicted molar refractivity (Wildman–Crippen MR) is 118 cm³/mol. The molecule has 0 bridgehead atoms. The number of aromatic nitrogens is 3. The van der Waals surface area contributed by atoms with Gasteiger partial charge in [0.05, 0.1) is 24.6 Å². The topological polar surface area (TPSA) is 111 Å². The fraction of sp³-hybridized carbons (Fsp3) is 0.609. The van der Waals surface area contributed by atoms with Crippen LogP contribution in [-0.2, 0) is 14.3 Å². The molecule has 1 unspecified atom stereocenters. The molecule has 6 atom stereocenters. The molecule has 2 aliphatic rings. The molecule has 3 heterocycles. The fourth-order valence-electron chi connectivity index (χ4n) is 4.47. The van der Waals surface area contributed by atoms with E-state index in [9.17, 15) is 23.4 Å². The van der Waals surface area contributed by atoms with Gasteiger partial charge in [-0.1, -0.05) is 31.1 Å². The molecule has 9 nitrogen and oxygen atoms in total. The lowest BCUT2D eigenvalue weighted by Crippen LogP contribution is -2.57. The quantitative estimate of drug-likeness (QED) is 0.589. The minimum atomic E-state index is -1.58. The zero-order valence-electron chi connectivity index (χ0n) is 19.9. The Hall–Kier alpha value is -2.54. The van der Waals surface area contributed by atoms with Crippen molar-refractivity contribution in [1.82, 2.24) is 15.0 Å². The zero-order chi connectivity index (χ0) is 25.5. The van der Waals surface area contributed by atoms with Crippen LogP contribution < -0.4 is 0 Å². The van der Waals surface area contributed by atoms with Crippen molar-refractivity contribution in [3.63, 3.8) is 0 Å². The van der Waals surface area contributed by atoms with Crippen LogP contribution in [0, 0.1) is 22.9 Å². The van der Waals surface area contributed by atoms with E-state index in [1.807, 2.05) is 20.8 Å². The van der Waals surface area contributed by atoms with Crippen molar-refractivity contribution in [3.8, 4) is 11.3 Å². The third-order valence-electron chi connectivity index (χ3n) is 6.42. The summed E-state index contributed by atoms with van der Waals surface area (Å²) in [5.41, 5.74) is 0.814. The Morgan fingerprint density at radius 3 is 2.43 bits per heavy atom. The summed E-state index contributed by atoms with van der Waals surface area (Å²) in [6.45, 7) is 5.67. The van der Waals surface area contributed by atoms with Crippen molar-refractivity contribution in [2.24, 2.45) is 10.6 Å². The van der Waals surface area contributed by atoms with Gasteiger partial charge >= 0.3 is 0 Å². The number of oxime groups is 1. The standard InChI is InChI=1S/C23H29F3N4O5/c1-23(2,3)18-8-12(35-28-18)7-16-22(33-4)20(21(32)17(10-31)34-16)30-9-15(27-29-30)11-5-13(24)19(26)14(25)6-11/h5-6,9,12,16-17,20-22,31-32H,7-8,10H2,1-4H3/t12?,16-,17-,20+,21+,22+/m1/s1. The van der Waals surface area contributed by atoms with Crippen LogP contribution in [0.15, 0.2) is 23.5 Å². The maximum atomic E-state index is 13.7. The molecule has 2 aliphatic heterocycles. The van der Waals surface area contributed by atoms with Crippen molar-refractivity contribution in [3.05, 3.63) is 35.8 Å². The minimum absolute atomic E-state index is 0.0235. The summed E-state index contributed by atoms with van der Waals surface area (Å²) >= 11 is 0. The number of nitrogens with zero attached hydrogens (tertiary/aromatic N) is 4. The first-order valence-corrected chi connectivity index (χ1v) is 11.3. The van der Waals surface area contributed by atoms with Gasteiger partial charge in [-0.05, 0) is 12.1 Å². The molecule has 1 aromatic heterocycles. The van der Waals surface area contributed by atoms with Crippen LogP contribution in [0.2, 0.25) is 0 Å². The molecule has 2 N–H and O–H groups in total. The second kappa shape index (κ2) is 9.84. The second-order valence-electron chi connectivity index (χ2n) is 9.87. The summed E-state index contributed by atoms with van der Waals surface area (Å²) in [5.74, 6) is -4.30. The Morgan fingerprint density at radius 2 is 1.86 bits per heavy atom. The lowest BCUT2D eigenvalue weighted by Gasteiger charge is -2.44. The molecular formula is C23H29F3N4O5. The summed E-state index contributed by atoms with van der Waals surface area (Å²) in [6.07, 6.45) is -1.44. The minimum Gasteiger partial charge on any atom is -0.394 e. The van der Waals surface area contributed by atoms with Crippen LogP contribution in [0.4, 0.5) is 13.2 Å². The van der Waals surface area contributed by atoms with Crippen LogP contribution in [-0.4, -0.2) is 75.2 Å². The summed E-state index contributed by atoms with van der Waals surface area (Å²) in [6, 6.07) is 0.770. The number of ether oxygens (including phenoxy) is 2. The smallest absolute Gasteiger partial charge is 0.194 e. The van der Waals surface area contributed by atoms with E-state index in [-0.39, 0.29) is 22.8 Å². The highest BCUT2D eigenvalue weighted by atomic mass is 19.2. The number of methoxy groups -OCH3 is 1. The summed E-state index contributed by atoms with van der Waals surface area (Å²) in [4.78, 5) is 5.61. The molecule has 0 amide bonds. The monoisotopic (exact) mass is 498 g/mol. The number of benzene rings is 1. The highest BCUT2D eigenvalue weighted by Gasteiger charge is 2.48. The normalized spacial score (nSPS) is 29.2. The van der Waals surface area contributed by atoms with Crippen LogP contribution in [0.3, 0.4) is 0 Å². The Balaban J connectivity index is 1.59. The van der Waals surface area contributed by atoms with E-state index in [1.165, 1.54) is 18.0 Å². The van der Waals surface area contributed by atoms with Gasteiger partial charge in [-0.15, -0.1) is 5.10 Å². The lowest BCUT2D eigenvalue weighted by atomic mass is 9.85. The molecular weight excluding hydrogens is 469 g/mol. The first-order valence-electron chi connectivity index (χ1n) is 11.3. The second-order valence-corrected chi connectivity index (χ2v) is 9.87. The van der Waals surface area contributed by atoms with Crippen molar-refractivity contribution >= 4 is 5.71 Å². The van der Waals surface area contributed by atoms with Gasteiger partial charge in [0.25, 0.3) is 0 Å². The molecule has 2 aromatic rings. The van der Waals surface area contributed by atoms with Gasteiger partial charge in [-0.25, -0.2) is 17.9 Å². The highest BCUT2D eigenvalue weighted by molar-refractivity contribution is 5.90. The van der Waals surface area contributed by atoms with E-state index < -0.39 is 54.5 Å². The van der Waals surface area contributed by atoms with Gasteiger partial charge in [0, 0.05) is 30.9 Å². The molecule has 1 fully saturated rings. The Kier molecular flexibility index (Phi) is 7.18. The first kappa shape index (κ1) is 25.5. The molecule has 0 radical (unpaired) electrons. The number of aliphatic hydroxyl groups is 2. The van der Waals surface area contributed by atoms with E-state index in [0.29, 0.717) is 12.8 Å². The largest absolute Gasteiger partial charge is 0.394 e. The fourth-order valence-corrected chi connectivity index (χ4v) is 4.47. The number of aliphatic hydroxyl groups excluding tert-OH is 2. The van der Waals surface area contributed by atoms with Gasteiger partial charge < -0.3 is 24.5 Å². The average Bonchev–Trinajstić information content (AvgIpc) is 3.47. The Labute approximate surface area is 200 Å². The zero-order valence-corrected chi connectivity index (χ0v) is 19.9. The van der Waals surface area contributed by atoms with Crippen LogP contribution in [0.25, 0.3) is 11.3 Å². The van der Waals surface area contributed by atoms with Crippen molar-refractivity contribution in [1.29, 1.82) is 0 Å². The van der Waals surface area contributed by atoms with Gasteiger partial charge in [-0.2, -0.15) is 0 Å². The third kappa shape index (κ3) is 5.06. The van der Waals surface area contributed by atoms with E-state index >= 15 is 0 Å². The van der Waals surface area contributed by atoms with Gasteiger partial charge in [0.15, 0.2) is 17.5 Å². The Morgan fingerprint density at radius 1 is 1.17 bits per heavy atom. The van der Waals surface area contributed by atoms with Gasteiger partial charge in [-0.3, -0.25) is 0 Å². The van der Waals surface area contributed by atoms with Gasteiger partial charge in [0.2, 0.25) is 0 Å². The van der Waals surface area contributed by atoms with E-state index in [0.717, 1.165) is 17.8 Å². The first-order chi connectivity index (χ1) is 16.5. The molecule has 0 spiro atoms. The molecule has 0 saturated carbocycles. The average molecular weight is 499 g/mol. The molecule has 192 valence electrons. The summed E-state index contributed by atoms with van der Waals surface area (Å²) in [5, 5.41) is 32.9. The number of halogens is 3. The van der Waals surface area contributed by atoms with Crippen molar-refractivity contribution in [2.75, 3.05) is 13.7 Å². The van der Waals surface area contributed by atoms with E-state index in [2.05, 4.69) is 15.5 Å².